The first-order valence-corrected chi connectivity index (χ1v) is 27.8. The predicted octanol–water partition coefficient (Wildman–Crippen LogP) is 11.4. The molecule has 1 fully saturated rings. The minimum absolute atomic E-state index is 0.373. The van der Waals surface area contributed by atoms with Gasteiger partial charge in [-0.15, -0.1) is 0 Å². The Balaban J connectivity index is 4.38. The third-order valence-corrected chi connectivity index (χ3v) is 39.3. The van der Waals surface area contributed by atoms with Gasteiger partial charge in [-0.3, -0.25) is 0 Å². The van der Waals surface area contributed by atoms with E-state index in [1.807, 2.05) is 0 Å². The van der Waals surface area contributed by atoms with Crippen molar-refractivity contribution in [1.82, 2.24) is 0 Å². The molecule has 0 aromatic heterocycles. The molecule has 5 atom stereocenters. The molecule has 0 bridgehead atoms. The van der Waals surface area contributed by atoms with Crippen molar-refractivity contribution in [2.45, 2.75) is 194 Å². The van der Waals surface area contributed by atoms with Crippen LogP contribution in [-0.4, -0.2) is 42.8 Å². The summed E-state index contributed by atoms with van der Waals surface area (Å²) in [5, 5.41) is 0. The summed E-state index contributed by atoms with van der Waals surface area (Å²) in [7, 11) is -13.7. The molecular weight excluding hydrogens is 581 g/mol. The highest BCUT2D eigenvalue weighted by molar-refractivity contribution is 6.96. The van der Waals surface area contributed by atoms with Crippen LogP contribution in [0.4, 0.5) is 0 Å². The van der Waals surface area contributed by atoms with Crippen LogP contribution in [0.25, 0.3) is 0 Å². The summed E-state index contributed by atoms with van der Waals surface area (Å²) in [5.41, 5.74) is 1.86. The Morgan fingerprint density at radius 3 is 0.500 bits per heavy atom. The maximum atomic E-state index is 7.86. The smallest absolute Gasteiger partial charge is 0.323 e. The zero-order valence-electron chi connectivity index (χ0n) is 29.5. The molecule has 1 saturated heterocycles. The van der Waals surface area contributed by atoms with Gasteiger partial charge in [0.25, 0.3) is 0 Å². The van der Waals surface area contributed by atoms with E-state index in [1.165, 1.54) is 0 Å². The van der Waals surface area contributed by atoms with Crippen LogP contribution >= 0.6 is 0 Å². The Morgan fingerprint density at radius 2 is 0.425 bits per heavy atom. The average molecular weight is 651 g/mol. The van der Waals surface area contributed by atoms with E-state index in [1.54, 1.807) is 0 Å². The molecule has 0 saturated carbocycles. The average Bonchev–Trinajstić information content (AvgIpc) is 3.00. The summed E-state index contributed by atoms with van der Waals surface area (Å²) in [6, 6.07) is 4.72. The summed E-state index contributed by atoms with van der Waals surface area (Å²) in [6.07, 6.45) is 5.29. The van der Waals surface area contributed by atoms with E-state index in [9.17, 15) is 0 Å². The molecule has 0 aromatic rings. The van der Waals surface area contributed by atoms with Gasteiger partial charge in [-0.2, -0.15) is 0 Å². The Hall–Kier alpha value is 0.884. The molecule has 10 heteroatoms. The van der Waals surface area contributed by atoms with Crippen LogP contribution in [-0.2, 0) is 20.6 Å². The lowest BCUT2D eigenvalue weighted by Crippen LogP contribution is -2.72. The summed E-state index contributed by atoms with van der Waals surface area (Å²) in [6.45, 7) is 35.2. The number of rotatable bonds is 15. The van der Waals surface area contributed by atoms with Crippen molar-refractivity contribution in [2.24, 2.45) is 0 Å². The van der Waals surface area contributed by atoms with Gasteiger partial charge in [0.15, 0.2) is 0 Å². The fraction of sp³-hybridized carbons (Fsp3) is 1.00. The van der Waals surface area contributed by atoms with E-state index < -0.39 is 42.8 Å². The zero-order chi connectivity index (χ0) is 31.0. The third kappa shape index (κ3) is 7.57. The molecule has 0 amide bonds. The Labute approximate surface area is 256 Å². The third-order valence-electron chi connectivity index (χ3n) is 11.0. The molecule has 0 aliphatic carbocycles. The molecule has 1 heterocycles. The first-order valence-electron chi connectivity index (χ1n) is 17.3. The van der Waals surface area contributed by atoms with E-state index in [0.29, 0.717) is 27.7 Å². The van der Waals surface area contributed by atoms with Gasteiger partial charge in [0.1, 0.15) is 0 Å². The van der Waals surface area contributed by atoms with Crippen molar-refractivity contribution in [2.75, 3.05) is 0 Å². The van der Waals surface area contributed by atoms with Crippen LogP contribution in [0.3, 0.4) is 0 Å². The lowest BCUT2D eigenvalue weighted by atomic mass is 10.4. The summed E-state index contributed by atoms with van der Waals surface area (Å²) >= 11 is 0. The Bertz CT molecular complexity index is 592. The predicted molar refractivity (Wildman–Crippen MR) is 185 cm³/mol. The van der Waals surface area contributed by atoms with Crippen LogP contribution in [0, 0.1) is 0 Å². The van der Waals surface area contributed by atoms with Crippen LogP contribution < -0.4 is 0 Å². The van der Waals surface area contributed by atoms with E-state index >= 15 is 0 Å². The van der Waals surface area contributed by atoms with Crippen molar-refractivity contribution in [3.05, 3.63) is 0 Å². The molecule has 0 N–H and O–H groups in total. The lowest BCUT2D eigenvalue weighted by Gasteiger charge is -2.57. The monoisotopic (exact) mass is 650 g/mol. The van der Waals surface area contributed by atoms with E-state index in [2.05, 4.69) is 104 Å². The molecule has 0 spiro atoms. The maximum absolute atomic E-state index is 7.86. The van der Waals surface area contributed by atoms with Gasteiger partial charge in [0.2, 0.25) is 0 Å². The van der Waals surface area contributed by atoms with Gasteiger partial charge >= 0.3 is 42.8 Å². The van der Waals surface area contributed by atoms with Crippen molar-refractivity contribution in [1.29, 1.82) is 0 Å². The molecule has 1 aliphatic rings. The van der Waals surface area contributed by atoms with Crippen molar-refractivity contribution in [3.8, 4) is 0 Å². The normalized spacial score (nSPS) is 37.9. The fourth-order valence-electron chi connectivity index (χ4n) is 6.59. The summed E-state index contributed by atoms with van der Waals surface area (Å²) in [4.78, 5) is 0. The Kier molecular flexibility index (Phi) is 15.8. The van der Waals surface area contributed by atoms with Crippen molar-refractivity contribution in [3.63, 3.8) is 0 Å². The topological polar surface area (TPSA) is 46.2 Å². The first kappa shape index (κ1) is 38.9. The number of hydrogen-bond acceptors (Lipinski definition) is 5. The molecule has 1 aliphatic heterocycles. The molecular formula is C30H70O5Si5. The second-order valence-corrected chi connectivity index (χ2v) is 33.5. The summed E-state index contributed by atoms with van der Waals surface area (Å²) < 4.78 is 39.3. The molecule has 5 nitrogen and oxygen atoms in total. The molecule has 40 heavy (non-hydrogen) atoms. The number of hydrogen-bond donors (Lipinski definition) is 0. The van der Waals surface area contributed by atoms with Crippen LogP contribution in [0.1, 0.15) is 136 Å². The highest BCUT2D eigenvalue weighted by Gasteiger charge is 2.65. The van der Waals surface area contributed by atoms with Crippen LogP contribution in [0.15, 0.2) is 0 Å². The quantitative estimate of drug-likeness (QED) is 0.165. The largest absolute Gasteiger partial charge is 0.415 e. The fourth-order valence-corrected chi connectivity index (χ4v) is 41.4. The van der Waals surface area contributed by atoms with Gasteiger partial charge in [0, 0.05) is 0 Å². The van der Waals surface area contributed by atoms with Gasteiger partial charge in [0.05, 0.1) is 0 Å². The standard InChI is InChI=1S/C30H70O5Si5/c1-16-26(11)36(21-6)31-37(22-7,27(12)17-2)33-39(24-9,29(14)19-4)35-40(25-10,30(15)20-5)34-38(23-8,32-36)28(13)18-3/h26-30H,16-25H2,1-15H3. The van der Waals surface area contributed by atoms with E-state index in [0.717, 1.165) is 62.3 Å². The lowest BCUT2D eigenvalue weighted by molar-refractivity contribution is 0.187. The van der Waals surface area contributed by atoms with Gasteiger partial charge in [-0.1, -0.05) is 136 Å². The molecule has 0 aromatic carbocycles. The molecule has 240 valence electrons. The highest BCUT2D eigenvalue weighted by Crippen LogP contribution is 2.51. The summed E-state index contributed by atoms with van der Waals surface area (Å²) in [5.74, 6) is 0. The van der Waals surface area contributed by atoms with E-state index in [-0.39, 0.29) is 0 Å². The second kappa shape index (κ2) is 16.3. The van der Waals surface area contributed by atoms with E-state index in [4.69, 9.17) is 20.6 Å². The molecule has 0 radical (unpaired) electrons. The SMILES string of the molecule is CCC(C)[Si]1(CC)O[Si](CC)(C(C)CC)O[Si](CC)(C(C)CC)O[Si](CC)(C(C)CC)O[Si](CC)(C(C)CC)O1. The van der Waals surface area contributed by atoms with Crippen molar-refractivity contribution >= 4 is 42.8 Å². The van der Waals surface area contributed by atoms with Gasteiger partial charge in [-0.25, -0.2) is 0 Å². The highest BCUT2D eigenvalue weighted by atomic mass is 28.5. The van der Waals surface area contributed by atoms with Gasteiger partial charge < -0.3 is 20.6 Å². The van der Waals surface area contributed by atoms with Crippen LogP contribution in [0.5, 0.6) is 0 Å². The van der Waals surface area contributed by atoms with Crippen LogP contribution in [0.2, 0.25) is 57.9 Å². The second-order valence-electron chi connectivity index (χ2n) is 12.9. The molecule has 1 rings (SSSR count). The van der Waals surface area contributed by atoms with Gasteiger partial charge in [-0.05, 0) is 57.9 Å². The molecule has 5 unspecified atom stereocenters. The first-order chi connectivity index (χ1) is 18.7. The maximum Gasteiger partial charge on any atom is 0.323 e. The minimum Gasteiger partial charge on any atom is -0.415 e. The minimum atomic E-state index is -2.75. The van der Waals surface area contributed by atoms with Crippen molar-refractivity contribution < 1.29 is 20.6 Å². The zero-order valence-corrected chi connectivity index (χ0v) is 34.5. The Morgan fingerprint density at radius 1 is 0.300 bits per heavy atom.